The quantitative estimate of drug-likeness (QED) is 0.206. The smallest absolute Gasteiger partial charge is 0.211 e. The van der Waals surface area contributed by atoms with Crippen molar-refractivity contribution < 1.29 is 10.2 Å². The van der Waals surface area contributed by atoms with E-state index in [1.54, 1.807) is 4.40 Å². The zero-order valence-corrected chi connectivity index (χ0v) is 16.9. The van der Waals surface area contributed by atoms with E-state index in [-0.39, 0.29) is 67.1 Å². The molecule has 2 aromatic heterocycles. The van der Waals surface area contributed by atoms with Crippen LogP contribution in [0.5, 0.6) is 11.5 Å². The van der Waals surface area contributed by atoms with E-state index in [0.29, 0.717) is 21.9 Å². The number of benzene rings is 1. The number of aromatic nitrogens is 2. The van der Waals surface area contributed by atoms with Gasteiger partial charge in [0.15, 0.2) is 4.96 Å². The van der Waals surface area contributed by atoms with Gasteiger partial charge in [-0.15, -0.1) is 66.1 Å². The minimum absolute atomic E-state index is 0. The summed E-state index contributed by atoms with van der Waals surface area (Å²) in [5.41, 5.74) is 11.9. The molecule has 0 atom stereocenters. The topological polar surface area (TPSA) is 135 Å². The monoisotopic (exact) mass is 460 g/mol. The number of halogens is 4. The van der Waals surface area contributed by atoms with Crippen molar-refractivity contribution in [3.8, 4) is 22.8 Å². The van der Waals surface area contributed by atoms with Crippen molar-refractivity contribution >= 4 is 78.1 Å². The number of hydrogen-bond donors (Lipinski definition) is 4. The van der Waals surface area contributed by atoms with Crippen molar-refractivity contribution in [2.75, 3.05) is 0 Å². The molecule has 6 N–H and O–H groups in total. The molecule has 0 saturated heterocycles. The first-order valence-electron chi connectivity index (χ1n) is 6.16. The van der Waals surface area contributed by atoms with E-state index >= 15 is 0 Å². The van der Waals surface area contributed by atoms with E-state index < -0.39 is 0 Å². The van der Waals surface area contributed by atoms with Crippen LogP contribution in [0.1, 0.15) is 5.69 Å². The number of aromatic hydroxyl groups is 2. The van der Waals surface area contributed by atoms with Crippen molar-refractivity contribution in [1.82, 2.24) is 9.38 Å². The lowest BCUT2D eigenvalue weighted by atomic mass is 10.1. The SMILES string of the molecule is Cl.Cl.Cl.Cl.NC(N)=N/N=C/c1c(-c2cc(O)ccc2O)nc2sccn12. The third-order valence-electron chi connectivity index (χ3n) is 2.89. The Hall–Kier alpha value is -1.91. The molecule has 8 nitrogen and oxygen atoms in total. The Morgan fingerprint density at radius 2 is 1.85 bits per heavy atom. The molecule has 13 heteroatoms. The zero-order chi connectivity index (χ0) is 15.7. The molecule has 144 valence electrons. The number of imidazole rings is 1. The van der Waals surface area contributed by atoms with Gasteiger partial charge in [-0.05, 0) is 18.2 Å². The number of thiazole rings is 1. The first-order chi connectivity index (χ1) is 10.6. The number of phenolic OH excluding ortho intramolecular Hbond substituents is 2. The van der Waals surface area contributed by atoms with Crippen molar-refractivity contribution in [3.05, 3.63) is 35.5 Å². The van der Waals surface area contributed by atoms with Gasteiger partial charge in [0.25, 0.3) is 0 Å². The molecule has 2 heterocycles. The number of fused-ring (bicyclic) bond motifs is 1. The second-order valence-corrected chi connectivity index (χ2v) is 5.25. The summed E-state index contributed by atoms with van der Waals surface area (Å²) in [5.74, 6) is -0.139. The molecular formula is C13H16Cl4N6O2S. The Labute approximate surface area is 177 Å². The minimum Gasteiger partial charge on any atom is -0.508 e. The highest BCUT2D eigenvalue weighted by Crippen LogP contribution is 2.34. The molecule has 0 bridgehead atoms. The molecule has 3 rings (SSSR count). The number of nitrogens with zero attached hydrogens (tertiary/aromatic N) is 4. The third-order valence-corrected chi connectivity index (χ3v) is 3.64. The van der Waals surface area contributed by atoms with Crippen LogP contribution in [0.25, 0.3) is 16.2 Å². The lowest BCUT2D eigenvalue weighted by molar-refractivity contribution is 0.462. The number of rotatable bonds is 3. The molecule has 3 aromatic rings. The van der Waals surface area contributed by atoms with Gasteiger partial charge in [0, 0.05) is 17.1 Å². The number of hydrogen-bond acceptors (Lipinski definition) is 6. The lowest BCUT2D eigenvalue weighted by Crippen LogP contribution is -2.21. The molecule has 0 spiro atoms. The van der Waals surface area contributed by atoms with Gasteiger partial charge >= 0.3 is 0 Å². The summed E-state index contributed by atoms with van der Waals surface area (Å²) in [4.78, 5) is 5.16. The van der Waals surface area contributed by atoms with E-state index in [1.165, 1.54) is 35.8 Å². The van der Waals surface area contributed by atoms with Gasteiger partial charge in [-0.2, -0.15) is 5.10 Å². The molecule has 0 aliphatic heterocycles. The molecule has 0 fully saturated rings. The highest BCUT2D eigenvalue weighted by molar-refractivity contribution is 7.15. The summed E-state index contributed by atoms with van der Waals surface area (Å²) in [7, 11) is 0. The lowest BCUT2D eigenvalue weighted by Gasteiger charge is -2.03. The fourth-order valence-electron chi connectivity index (χ4n) is 1.99. The highest BCUT2D eigenvalue weighted by Gasteiger charge is 2.17. The zero-order valence-electron chi connectivity index (χ0n) is 12.8. The summed E-state index contributed by atoms with van der Waals surface area (Å²) < 4.78 is 1.79. The van der Waals surface area contributed by atoms with Crippen LogP contribution >= 0.6 is 61.0 Å². The second kappa shape index (κ2) is 10.9. The van der Waals surface area contributed by atoms with Crippen LogP contribution in [0.15, 0.2) is 40.0 Å². The van der Waals surface area contributed by atoms with Crippen LogP contribution in [0.3, 0.4) is 0 Å². The van der Waals surface area contributed by atoms with Crippen LogP contribution in [-0.4, -0.2) is 31.8 Å². The van der Waals surface area contributed by atoms with Crippen molar-refractivity contribution in [2.45, 2.75) is 0 Å². The Balaban J connectivity index is 0. The Kier molecular flexibility index (Phi) is 11.1. The number of nitrogens with two attached hydrogens (primary N) is 2. The van der Waals surface area contributed by atoms with Gasteiger partial charge in [0.2, 0.25) is 5.96 Å². The maximum absolute atomic E-state index is 10.0. The van der Waals surface area contributed by atoms with E-state index in [0.717, 1.165) is 0 Å². The Morgan fingerprint density at radius 1 is 1.15 bits per heavy atom. The molecule has 1 aromatic carbocycles. The highest BCUT2D eigenvalue weighted by atomic mass is 35.5. The average Bonchev–Trinajstić information content (AvgIpc) is 3.03. The predicted octanol–water partition coefficient (Wildman–Crippen LogP) is 2.77. The minimum atomic E-state index is -0.163. The standard InChI is InChI=1S/C13H12N6O2S.4ClH/c14-12(15)18-16-6-9-11(17-13-19(9)3-4-22-13)8-5-7(20)1-2-10(8)21;;;;/h1-6,20-21H,(H4,14,15,18);4*1H/b16-6+;;;;. The fourth-order valence-corrected chi connectivity index (χ4v) is 2.71. The summed E-state index contributed by atoms with van der Waals surface area (Å²) in [6.45, 7) is 0. The average molecular weight is 462 g/mol. The van der Waals surface area contributed by atoms with Crippen molar-refractivity contribution in [1.29, 1.82) is 0 Å². The fraction of sp³-hybridized carbons (Fsp3) is 0. The van der Waals surface area contributed by atoms with E-state index in [4.69, 9.17) is 11.5 Å². The molecular weight excluding hydrogens is 446 g/mol. The van der Waals surface area contributed by atoms with Gasteiger partial charge in [-0.3, -0.25) is 4.40 Å². The van der Waals surface area contributed by atoms with Gasteiger partial charge in [0.05, 0.1) is 11.9 Å². The first kappa shape index (κ1) is 26.3. The van der Waals surface area contributed by atoms with E-state index in [1.807, 2.05) is 11.6 Å². The number of guanidine groups is 1. The van der Waals surface area contributed by atoms with Gasteiger partial charge in [-0.25, -0.2) is 4.98 Å². The van der Waals surface area contributed by atoms with Crippen LogP contribution < -0.4 is 11.5 Å². The largest absolute Gasteiger partial charge is 0.508 e. The van der Waals surface area contributed by atoms with E-state index in [9.17, 15) is 10.2 Å². The van der Waals surface area contributed by atoms with Gasteiger partial charge in [0.1, 0.15) is 17.2 Å². The number of phenols is 2. The summed E-state index contributed by atoms with van der Waals surface area (Å²) in [6.07, 6.45) is 3.25. The van der Waals surface area contributed by atoms with Crippen LogP contribution in [0, 0.1) is 0 Å². The Morgan fingerprint density at radius 3 is 2.50 bits per heavy atom. The molecule has 0 unspecified atom stereocenters. The molecule has 26 heavy (non-hydrogen) atoms. The maximum Gasteiger partial charge on any atom is 0.211 e. The second-order valence-electron chi connectivity index (χ2n) is 4.37. The summed E-state index contributed by atoms with van der Waals surface area (Å²) >= 11 is 1.43. The molecule has 0 aliphatic rings. The molecule has 0 radical (unpaired) electrons. The predicted molar refractivity (Wildman–Crippen MR) is 114 cm³/mol. The van der Waals surface area contributed by atoms with Crippen LogP contribution in [0.2, 0.25) is 0 Å². The third kappa shape index (κ3) is 5.29. The first-order valence-corrected chi connectivity index (χ1v) is 7.04. The van der Waals surface area contributed by atoms with Gasteiger partial charge in [-0.1, -0.05) is 0 Å². The van der Waals surface area contributed by atoms with Gasteiger partial charge < -0.3 is 21.7 Å². The Bertz CT molecular complexity index is 907. The summed E-state index contributed by atoms with van der Waals surface area (Å²) in [5, 5.41) is 28.9. The van der Waals surface area contributed by atoms with Crippen LogP contribution in [0.4, 0.5) is 0 Å². The summed E-state index contributed by atoms with van der Waals surface area (Å²) in [6, 6.07) is 4.22. The normalized spacial score (nSPS) is 9.54. The van der Waals surface area contributed by atoms with Crippen molar-refractivity contribution in [2.24, 2.45) is 21.7 Å². The molecule has 0 amide bonds. The molecule has 0 aliphatic carbocycles. The van der Waals surface area contributed by atoms with Crippen LogP contribution in [-0.2, 0) is 0 Å². The maximum atomic E-state index is 10.0. The van der Waals surface area contributed by atoms with Crippen molar-refractivity contribution in [3.63, 3.8) is 0 Å². The van der Waals surface area contributed by atoms with E-state index in [2.05, 4.69) is 15.2 Å². The molecule has 0 saturated carbocycles.